The van der Waals surface area contributed by atoms with E-state index in [1.807, 2.05) is 6.92 Å². The number of halogens is 2. The highest BCUT2D eigenvalue weighted by Crippen LogP contribution is 2.22. The first-order valence-electron chi connectivity index (χ1n) is 8.15. The maximum Gasteiger partial charge on any atom is 0.276 e. The molecule has 138 valence electrons. The Balaban J connectivity index is 1.63. The standard InChI is InChI=1S/C19H16ClFN4O2/c1-2-27-14-6-3-12(4-7-14)23-19(26)17-9-10-18(25-24-17)22-13-5-8-16(21)15(20)11-13/h3-11H,2H2,1H3,(H,22,25)(H,23,26). The molecular weight excluding hydrogens is 371 g/mol. The van der Waals surface area contributed by atoms with Gasteiger partial charge in [-0.1, -0.05) is 11.6 Å². The van der Waals surface area contributed by atoms with Gasteiger partial charge >= 0.3 is 0 Å². The minimum Gasteiger partial charge on any atom is -0.494 e. The molecule has 6 nitrogen and oxygen atoms in total. The molecule has 2 aromatic carbocycles. The average Bonchev–Trinajstić information content (AvgIpc) is 2.67. The maximum absolute atomic E-state index is 13.2. The minimum absolute atomic E-state index is 0.000637. The van der Waals surface area contributed by atoms with Crippen LogP contribution in [0.2, 0.25) is 5.02 Å². The molecule has 1 aromatic heterocycles. The van der Waals surface area contributed by atoms with E-state index >= 15 is 0 Å². The molecule has 1 heterocycles. The highest BCUT2D eigenvalue weighted by molar-refractivity contribution is 6.31. The van der Waals surface area contributed by atoms with E-state index in [0.717, 1.165) is 5.75 Å². The van der Waals surface area contributed by atoms with Crippen molar-refractivity contribution < 1.29 is 13.9 Å². The molecule has 0 aliphatic carbocycles. The van der Waals surface area contributed by atoms with E-state index in [-0.39, 0.29) is 16.6 Å². The van der Waals surface area contributed by atoms with E-state index in [4.69, 9.17) is 16.3 Å². The molecule has 0 atom stereocenters. The van der Waals surface area contributed by atoms with Gasteiger partial charge in [0.25, 0.3) is 5.91 Å². The number of benzene rings is 2. The van der Waals surface area contributed by atoms with Gasteiger partial charge < -0.3 is 15.4 Å². The summed E-state index contributed by atoms with van der Waals surface area (Å²) in [6.45, 7) is 2.48. The summed E-state index contributed by atoms with van der Waals surface area (Å²) >= 11 is 5.74. The van der Waals surface area contributed by atoms with Gasteiger partial charge in [-0.2, -0.15) is 0 Å². The van der Waals surface area contributed by atoms with E-state index in [1.54, 1.807) is 30.3 Å². The number of nitrogens with zero attached hydrogens (tertiary/aromatic N) is 2. The molecule has 27 heavy (non-hydrogen) atoms. The fourth-order valence-corrected chi connectivity index (χ4v) is 2.42. The zero-order valence-corrected chi connectivity index (χ0v) is 15.1. The molecule has 0 saturated heterocycles. The zero-order chi connectivity index (χ0) is 19.2. The number of anilines is 3. The van der Waals surface area contributed by atoms with Crippen molar-refractivity contribution >= 4 is 34.7 Å². The van der Waals surface area contributed by atoms with Crippen molar-refractivity contribution in [1.29, 1.82) is 0 Å². The average molecular weight is 387 g/mol. The van der Waals surface area contributed by atoms with Gasteiger partial charge in [0, 0.05) is 11.4 Å². The molecule has 0 fully saturated rings. The summed E-state index contributed by atoms with van der Waals surface area (Å²) in [5.41, 5.74) is 1.34. The van der Waals surface area contributed by atoms with Crippen LogP contribution in [0.1, 0.15) is 17.4 Å². The lowest BCUT2D eigenvalue weighted by Crippen LogP contribution is -2.14. The Kier molecular flexibility index (Phi) is 5.83. The van der Waals surface area contributed by atoms with E-state index in [1.165, 1.54) is 24.3 Å². The topological polar surface area (TPSA) is 76.1 Å². The van der Waals surface area contributed by atoms with Crippen molar-refractivity contribution in [3.63, 3.8) is 0 Å². The Morgan fingerprint density at radius 2 is 1.81 bits per heavy atom. The summed E-state index contributed by atoms with van der Waals surface area (Å²) in [5.74, 6) is 0.236. The fourth-order valence-electron chi connectivity index (χ4n) is 2.24. The van der Waals surface area contributed by atoms with Crippen LogP contribution >= 0.6 is 11.6 Å². The van der Waals surface area contributed by atoms with Crippen molar-refractivity contribution in [2.75, 3.05) is 17.2 Å². The summed E-state index contributed by atoms with van der Waals surface area (Å²) in [6.07, 6.45) is 0. The Morgan fingerprint density at radius 3 is 2.44 bits per heavy atom. The number of amides is 1. The summed E-state index contributed by atoms with van der Waals surface area (Å²) in [4.78, 5) is 12.3. The van der Waals surface area contributed by atoms with Crippen LogP contribution in [0.3, 0.4) is 0 Å². The number of hydrogen-bond acceptors (Lipinski definition) is 5. The van der Waals surface area contributed by atoms with Crippen LogP contribution in [-0.2, 0) is 0 Å². The predicted molar refractivity (Wildman–Crippen MR) is 102 cm³/mol. The molecule has 0 saturated carbocycles. The molecule has 3 aromatic rings. The first-order valence-corrected chi connectivity index (χ1v) is 8.53. The van der Waals surface area contributed by atoms with Gasteiger partial charge in [-0.3, -0.25) is 4.79 Å². The monoisotopic (exact) mass is 386 g/mol. The Labute approximate surface area is 160 Å². The molecule has 0 unspecified atom stereocenters. The van der Waals surface area contributed by atoms with Crippen LogP contribution in [0.4, 0.5) is 21.6 Å². The summed E-state index contributed by atoms with van der Waals surface area (Å²) in [5, 5.41) is 13.5. The molecule has 3 rings (SSSR count). The van der Waals surface area contributed by atoms with Crippen LogP contribution < -0.4 is 15.4 Å². The molecule has 0 aliphatic heterocycles. The number of carbonyl (C=O) groups is 1. The van der Waals surface area contributed by atoms with E-state index in [0.29, 0.717) is 23.8 Å². The third kappa shape index (κ3) is 4.92. The van der Waals surface area contributed by atoms with E-state index < -0.39 is 5.82 Å². The van der Waals surface area contributed by atoms with E-state index in [2.05, 4.69) is 20.8 Å². The molecule has 2 N–H and O–H groups in total. The van der Waals surface area contributed by atoms with Crippen LogP contribution in [0, 0.1) is 5.82 Å². The van der Waals surface area contributed by atoms with Gasteiger partial charge in [0.15, 0.2) is 11.5 Å². The number of hydrogen-bond donors (Lipinski definition) is 2. The SMILES string of the molecule is CCOc1ccc(NC(=O)c2ccc(Nc3ccc(F)c(Cl)c3)nn2)cc1. The lowest BCUT2D eigenvalue weighted by Gasteiger charge is -2.08. The molecule has 0 radical (unpaired) electrons. The molecule has 1 amide bonds. The largest absolute Gasteiger partial charge is 0.494 e. The molecule has 8 heteroatoms. The van der Waals surface area contributed by atoms with Crippen molar-refractivity contribution in [3.8, 4) is 5.75 Å². The quantitative estimate of drug-likeness (QED) is 0.644. The minimum atomic E-state index is -0.505. The van der Waals surface area contributed by atoms with Gasteiger partial charge in [0.2, 0.25) is 0 Å². The summed E-state index contributed by atoms with van der Waals surface area (Å²) in [6, 6.07) is 14.4. The van der Waals surface area contributed by atoms with Crippen LogP contribution in [-0.4, -0.2) is 22.7 Å². The molecular formula is C19H16ClFN4O2. The van der Waals surface area contributed by atoms with Crippen LogP contribution in [0.15, 0.2) is 54.6 Å². The smallest absolute Gasteiger partial charge is 0.276 e. The summed E-state index contributed by atoms with van der Waals surface area (Å²) in [7, 11) is 0. The van der Waals surface area contributed by atoms with Crippen molar-refractivity contribution in [3.05, 3.63) is 71.1 Å². The molecule has 0 spiro atoms. The van der Waals surface area contributed by atoms with E-state index in [9.17, 15) is 9.18 Å². The second kappa shape index (κ2) is 8.46. The number of nitrogens with one attached hydrogen (secondary N) is 2. The number of aromatic nitrogens is 2. The number of rotatable bonds is 6. The zero-order valence-electron chi connectivity index (χ0n) is 14.4. The third-order valence-corrected chi connectivity index (χ3v) is 3.80. The van der Waals surface area contributed by atoms with Gasteiger partial charge in [-0.15, -0.1) is 10.2 Å². The van der Waals surface area contributed by atoms with Crippen molar-refractivity contribution in [2.24, 2.45) is 0 Å². The Morgan fingerprint density at radius 1 is 1.07 bits per heavy atom. The fraction of sp³-hybridized carbons (Fsp3) is 0.105. The lowest BCUT2D eigenvalue weighted by molar-refractivity contribution is 0.102. The molecule has 0 aliphatic rings. The number of ether oxygens (including phenoxy) is 1. The van der Waals surface area contributed by atoms with Gasteiger partial charge in [-0.25, -0.2) is 4.39 Å². The lowest BCUT2D eigenvalue weighted by atomic mass is 10.3. The highest BCUT2D eigenvalue weighted by atomic mass is 35.5. The summed E-state index contributed by atoms with van der Waals surface area (Å²) < 4.78 is 18.5. The first-order chi connectivity index (χ1) is 13.0. The Bertz CT molecular complexity index is 933. The van der Waals surface area contributed by atoms with Crippen molar-refractivity contribution in [2.45, 2.75) is 6.92 Å². The van der Waals surface area contributed by atoms with Crippen LogP contribution in [0.25, 0.3) is 0 Å². The van der Waals surface area contributed by atoms with Crippen molar-refractivity contribution in [1.82, 2.24) is 10.2 Å². The van der Waals surface area contributed by atoms with Crippen LogP contribution in [0.5, 0.6) is 5.75 Å². The molecule has 0 bridgehead atoms. The highest BCUT2D eigenvalue weighted by Gasteiger charge is 2.09. The van der Waals surface area contributed by atoms with Gasteiger partial charge in [0.1, 0.15) is 11.6 Å². The normalized spacial score (nSPS) is 10.3. The number of carbonyl (C=O) groups excluding carboxylic acids is 1. The van der Waals surface area contributed by atoms with Gasteiger partial charge in [0.05, 0.1) is 11.6 Å². The predicted octanol–water partition coefficient (Wildman–Crippen LogP) is 4.66. The first kappa shape index (κ1) is 18.6. The Hall–Kier alpha value is -3.19. The maximum atomic E-state index is 13.2. The second-order valence-corrected chi connectivity index (χ2v) is 5.88. The second-order valence-electron chi connectivity index (χ2n) is 5.47. The third-order valence-electron chi connectivity index (χ3n) is 3.51. The van der Waals surface area contributed by atoms with Gasteiger partial charge in [-0.05, 0) is 61.5 Å².